The van der Waals surface area contributed by atoms with Crippen LogP contribution < -0.4 is 0 Å². The van der Waals surface area contributed by atoms with E-state index in [1.54, 1.807) is 12.1 Å². The summed E-state index contributed by atoms with van der Waals surface area (Å²) >= 11 is -0.653. The van der Waals surface area contributed by atoms with Gasteiger partial charge in [0, 0.05) is 0 Å². The average molecular weight is 366 g/mol. The number of esters is 1. The topological polar surface area (TPSA) is 65.0 Å². The van der Waals surface area contributed by atoms with Crippen LogP contribution in [0.25, 0.3) is 21.5 Å². The number of hydrogen-bond donors (Lipinski definition) is 1. The molecule has 0 heterocycles. The van der Waals surface area contributed by atoms with Crippen molar-refractivity contribution in [2.75, 3.05) is 0 Å². The lowest BCUT2D eigenvalue weighted by Crippen LogP contribution is -2.27. The van der Waals surface area contributed by atoms with Crippen LogP contribution >= 0.6 is 12.0 Å². The van der Waals surface area contributed by atoms with Crippen LogP contribution in [0.5, 0.6) is 0 Å². The highest BCUT2D eigenvalue weighted by molar-refractivity contribution is 7.96. The number of benzene rings is 3. The fraction of sp³-hybridized carbons (Fsp3) is 0.118. The largest absolute Gasteiger partial charge is 0.456 e. The van der Waals surface area contributed by atoms with Gasteiger partial charge in [0.2, 0.25) is 0 Å². The van der Waals surface area contributed by atoms with E-state index in [2.05, 4.69) is 14.1 Å². The number of hydrogen-bond acceptors (Lipinski definition) is 6. The van der Waals surface area contributed by atoms with Crippen molar-refractivity contribution in [1.82, 2.24) is 0 Å². The molecule has 1 N–H and O–H groups in total. The third-order valence-electron chi connectivity index (χ3n) is 3.60. The average Bonchev–Trinajstić information content (AvgIpc) is 2.62. The Balaban J connectivity index is 1.84. The van der Waals surface area contributed by atoms with Crippen LogP contribution in [-0.2, 0) is 25.5 Å². The summed E-state index contributed by atoms with van der Waals surface area (Å²) in [5, 5.41) is 10.7. The molecule has 3 rings (SSSR count). The van der Waals surface area contributed by atoms with Crippen molar-refractivity contribution < 1.29 is 32.9 Å². The Morgan fingerprint density at radius 3 is 2.44 bits per heavy atom. The first-order valence-corrected chi connectivity index (χ1v) is 7.87. The maximum Gasteiger partial charge on any atom is 0.415 e. The number of fused-ring (bicyclic) bond motifs is 2. The smallest absolute Gasteiger partial charge is 0.415 e. The van der Waals surface area contributed by atoms with Crippen LogP contribution in [-0.4, -0.2) is 16.5 Å². The first-order chi connectivity index (χ1) is 12.0. The second kappa shape index (κ2) is 7.32. The second-order valence-corrected chi connectivity index (χ2v) is 5.97. The maximum atomic E-state index is 13.4. The highest BCUT2D eigenvalue weighted by atomic mass is 32.2. The van der Waals surface area contributed by atoms with Gasteiger partial charge < -0.3 is 4.74 Å². The Kier molecular flexibility index (Phi) is 5.14. The molecule has 0 atom stereocenters. The Morgan fingerprint density at radius 1 is 1.04 bits per heavy atom. The molecule has 0 amide bonds. The molecule has 0 aromatic heterocycles. The molecule has 130 valence electrons. The van der Waals surface area contributed by atoms with Gasteiger partial charge in [0.05, 0.1) is 0 Å². The molecule has 0 aliphatic rings. The van der Waals surface area contributed by atoms with Crippen molar-refractivity contribution in [3.8, 4) is 0 Å². The number of halogens is 2. The van der Waals surface area contributed by atoms with Gasteiger partial charge in [0.1, 0.15) is 18.6 Å². The Labute approximate surface area is 145 Å². The molecule has 8 heteroatoms. The highest BCUT2D eigenvalue weighted by Crippen LogP contribution is 2.32. The van der Waals surface area contributed by atoms with Crippen molar-refractivity contribution >= 4 is 39.6 Å². The summed E-state index contributed by atoms with van der Waals surface area (Å²) in [5.74, 6) is -1.80. The van der Waals surface area contributed by atoms with Gasteiger partial charge in [-0.3, -0.25) is 0 Å². The van der Waals surface area contributed by atoms with Gasteiger partial charge >= 0.3 is 11.2 Å². The normalized spacial score (nSPS) is 11.8. The lowest BCUT2D eigenvalue weighted by molar-refractivity contribution is -0.433. The zero-order valence-electron chi connectivity index (χ0n) is 12.6. The standard InChI is InChI=1S/C17H12F2O5S/c18-17(19,25-24-23-21)16(20)22-10-14-7-3-6-13-8-11-4-1-2-5-12(11)9-15(13)14/h1-9,21H,10H2. The third kappa shape index (κ3) is 3.88. The van der Waals surface area contributed by atoms with Gasteiger partial charge in [0.15, 0.2) is 0 Å². The number of carbonyl (C=O) groups excluding carboxylic acids is 1. The summed E-state index contributed by atoms with van der Waals surface area (Å²) in [6.45, 7) is -0.329. The molecule has 0 spiro atoms. The molecule has 3 aromatic rings. The number of ether oxygens (including phenoxy) is 1. The van der Waals surface area contributed by atoms with Gasteiger partial charge in [0.25, 0.3) is 0 Å². The molecule has 0 aliphatic heterocycles. The van der Waals surface area contributed by atoms with Crippen LogP contribution in [0.15, 0.2) is 54.6 Å². The van der Waals surface area contributed by atoms with Crippen LogP contribution in [0.3, 0.4) is 0 Å². The zero-order chi connectivity index (χ0) is 17.9. The first kappa shape index (κ1) is 17.6. The molecule has 0 unspecified atom stereocenters. The van der Waals surface area contributed by atoms with Crippen molar-refractivity contribution in [3.63, 3.8) is 0 Å². The van der Waals surface area contributed by atoms with Gasteiger partial charge in [-0.25, -0.2) is 10.1 Å². The second-order valence-electron chi connectivity index (χ2n) is 5.16. The van der Waals surface area contributed by atoms with Crippen molar-refractivity contribution in [1.29, 1.82) is 0 Å². The van der Waals surface area contributed by atoms with Crippen LogP contribution in [0.4, 0.5) is 8.78 Å². The maximum absolute atomic E-state index is 13.4. The summed E-state index contributed by atoms with van der Waals surface area (Å²) in [5.41, 5.74) is 0.594. The summed E-state index contributed by atoms with van der Waals surface area (Å²) in [6.07, 6.45) is 0. The molecule has 0 aliphatic carbocycles. The van der Waals surface area contributed by atoms with Gasteiger partial charge in [-0.15, -0.1) is 4.33 Å². The van der Waals surface area contributed by atoms with E-state index < -0.39 is 23.3 Å². The summed E-state index contributed by atoms with van der Waals surface area (Å²) < 4.78 is 35.1. The fourth-order valence-electron chi connectivity index (χ4n) is 2.48. The predicted molar refractivity (Wildman–Crippen MR) is 88.6 cm³/mol. The highest BCUT2D eigenvalue weighted by Gasteiger charge is 2.44. The summed E-state index contributed by atoms with van der Waals surface area (Å²) in [6, 6.07) is 17.0. The van der Waals surface area contributed by atoms with Gasteiger partial charge in [-0.05, 0) is 39.2 Å². The minimum Gasteiger partial charge on any atom is -0.456 e. The molecular weight excluding hydrogens is 354 g/mol. The van der Waals surface area contributed by atoms with Crippen molar-refractivity contribution in [2.24, 2.45) is 0 Å². The third-order valence-corrected chi connectivity index (χ3v) is 4.11. The Morgan fingerprint density at radius 2 is 1.72 bits per heavy atom. The number of rotatable bonds is 6. The van der Waals surface area contributed by atoms with E-state index in [4.69, 9.17) is 5.26 Å². The zero-order valence-corrected chi connectivity index (χ0v) is 13.5. The first-order valence-electron chi connectivity index (χ1n) is 7.12. The van der Waals surface area contributed by atoms with Crippen LogP contribution in [0.1, 0.15) is 5.56 Å². The molecule has 5 nitrogen and oxygen atoms in total. The van der Waals surface area contributed by atoms with E-state index in [-0.39, 0.29) is 6.61 Å². The summed E-state index contributed by atoms with van der Waals surface area (Å²) in [4.78, 5) is 11.5. The predicted octanol–water partition coefficient (Wildman–Crippen LogP) is 4.70. The lowest BCUT2D eigenvalue weighted by Gasteiger charge is -2.13. The molecule has 0 fully saturated rings. The minimum atomic E-state index is -4.01. The van der Waals surface area contributed by atoms with Gasteiger partial charge in [-0.2, -0.15) is 8.78 Å². The number of carbonyl (C=O) groups is 1. The fourth-order valence-corrected chi connectivity index (χ4v) is 2.72. The molecule has 0 saturated heterocycles. The quantitative estimate of drug-likeness (QED) is 0.224. The van der Waals surface area contributed by atoms with Crippen molar-refractivity contribution in [3.05, 3.63) is 60.2 Å². The minimum absolute atomic E-state index is 0.329. The Bertz CT molecular complexity index is 916. The van der Waals surface area contributed by atoms with Crippen molar-refractivity contribution in [2.45, 2.75) is 11.9 Å². The monoisotopic (exact) mass is 366 g/mol. The van der Waals surface area contributed by atoms with Gasteiger partial charge in [-0.1, -0.05) is 47.5 Å². The Hall–Kier alpha value is -2.26. The van der Waals surface area contributed by atoms with E-state index in [9.17, 15) is 13.6 Å². The summed E-state index contributed by atoms with van der Waals surface area (Å²) in [7, 11) is 0. The number of alkyl halides is 2. The van der Waals surface area contributed by atoms with E-state index in [1.165, 1.54) is 0 Å². The lowest BCUT2D eigenvalue weighted by atomic mass is 10.00. The van der Waals surface area contributed by atoms with E-state index in [0.717, 1.165) is 21.5 Å². The molecule has 0 radical (unpaired) electrons. The molecule has 25 heavy (non-hydrogen) atoms. The van der Waals surface area contributed by atoms with E-state index in [1.807, 2.05) is 42.5 Å². The molecule has 3 aromatic carbocycles. The van der Waals surface area contributed by atoms with E-state index >= 15 is 0 Å². The molecular formula is C17H12F2O5S. The SMILES string of the molecule is O=C(OCc1cccc2cc3ccccc3cc12)C(F)(F)SOOO. The van der Waals surface area contributed by atoms with Crippen LogP contribution in [0, 0.1) is 0 Å². The molecule has 0 bridgehead atoms. The molecule has 0 saturated carbocycles. The van der Waals surface area contributed by atoms with Crippen LogP contribution in [0.2, 0.25) is 0 Å². The van der Waals surface area contributed by atoms with E-state index in [0.29, 0.717) is 5.56 Å².